The van der Waals surface area contributed by atoms with Gasteiger partial charge in [-0.05, 0) is 93.8 Å². The Kier molecular flexibility index (Phi) is 5.42. The first-order valence-electron chi connectivity index (χ1n) is 11.4. The van der Waals surface area contributed by atoms with Crippen LogP contribution in [0.1, 0.15) is 69.3 Å². The number of fused-ring (bicyclic) bond motifs is 2. The first-order chi connectivity index (χ1) is 13.4. The van der Waals surface area contributed by atoms with Gasteiger partial charge in [0.1, 0.15) is 12.4 Å². The predicted molar refractivity (Wildman–Crippen MR) is 108 cm³/mol. The van der Waals surface area contributed by atoms with E-state index in [1.807, 2.05) is 0 Å². The normalized spacial score (nSPS) is 34.8. The summed E-state index contributed by atoms with van der Waals surface area (Å²) in [6.45, 7) is 4.16. The SMILES string of the molecule is c1ccc(C2CCN([C@H]3C[C@H]4CCC3C4)CC2)c(OCC2CCCCO2)c1. The van der Waals surface area contributed by atoms with Crippen molar-refractivity contribution in [3.05, 3.63) is 29.8 Å². The molecule has 4 aliphatic rings. The molecule has 148 valence electrons. The van der Waals surface area contributed by atoms with Crippen LogP contribution in [0.15, 0.2) is 24.3 Å². The molecule has 3 nitrogen and oxygen atoms in total. The molecule has 1 aromatic carbocycles. The summed E-state index contributed by atoms with van der Waals surface area (Å²) in [6.07, 6.45) is 12.5. The van der Waals surface area contributed by atoms with E-state index in [0.29, 0.717) is 12.5 Å². The van der Waals surface area contributed by atoms with Crippen LogP contribution < -0.4 is 4.74 Å². The van der Waals surface area contributed by atoms with Crippen molar-refractivity contribution < 1.29 is 9.47 Å². The van der Waals surface area contributed by atoms with E-state index in [1.165, 1.54) is 70.0 Å². The van der Waals surface area contributed by atoms with Crippen LogP contribution in [-0.4, -0.2) is 43.3 Å². The summed E-state index contributed by atoms with van der Waals surface area (Å²) < 4.78 is 12.1. The van der Waals surface area contributed by atoms with E-state index < -0.39 is 0 Å². The zero-order valence-corrected chi connectivity index (χ0v) is 16.7. The fraction of sp³-hybridized carbons (Fsp3) is 0.750. The molecule has 5 rings (SSSR count). The summed E-state index contributed by atoms with van der Waals surface area (Å²) in [4.78, 5) is 2.83. The van der Waals surface area contributed by atoms with Gasteiger partial charge in [-0.15, -0.1) is 0 Å². The molecule has 2 unspecified atom stereocenters. The molecule has 3 heteroatoms. The Labute approximate surface area is 164 Å². The van der Waals surface area contributed by atoms with Gasteiger partial charge in [-0.3, -0.25) is 0 Å². The van der Waals surface area contributed by atoms with Gasteiger partial charge >= 0.3 is 0 Å². The minimum absolute atomic E-state index is 0.284. The summed E-state index contributed by atoms with van der Waals surface area (Å²) >= 11 is 0. The Balaban J connectivity index is 1.18. The summed E-state index contributed by atoms with van der Waals surface area (Å²) in [7, 11) is 0. The third kappa shape index (κ3) is 3.91. The molecule has 0 spiro atoms. The third-order valence-corrected chi connectivity index (χ3v) is 7.76. The maximum Gasteiger partial charge on any atom is 0.122 e. The van der Waals surface area contributed by atoms with E-state index in [9.17, 15) is 0 Å². The van der Waals surface area contributed by atoms with Crippen molar-refractivity contribution in [2.24, 2.45) is 11.8 Å². The van der Waals surface area contributed by atoms with Crippen molar-refractivity contribution in [2.45, 2.75) is 75.9 Å². The molecule has 27 heavy (non-hydrogen) atoms. The number of nitrogens with zero attached hydrogens (tertiary/aromatic N) is 1. The molecule has 2 saturated heterocycles. The van der Waals surface area contributed by atoms with Crippen LogP contribution in [-0.2, 0) is 4.74 Å². The summed E-state index contributed by atoms with van der Waals surface area (Å²) in [5.41, 5.74) is 1.43. The standard InChI is InChI=1S/C24H35NO2/c1-2-7-24(27-17-21-5-3-4-14-26-21)22(6-1)19-10-12-25(13-11-19)23-16-18-8-9-20(23)15-18/h1-2,6-7,18-21,23H,3-5,8-17H2/t18-,20?,21?,23-/m0/s1. The second-order valence-corrected chi connectivity index (χ2v) is 9.39. The summed E-state index contributed by atoms with van der Waals surface area (Å²) in [6, 6.07) is 9.67. The lowest BCUT2D eigenvalue weighted by Crippen LogP contribution is -2.43. The van der Waals surface area contributed by atoms with E-state index in [1.54, 1.807) is 0 Å². The van der Waals surface area contributed by atoms with Gasteiger partial charge in [-0.2, -0.15) is 0 Å². The largest absolute Gasteiger partial charge is 0.491 e. The molecule has 2 heterocycles. The number of rotatable bonds is 5. The highest BCUT2D eigenvalue weighted by Gasteiger charge is 2.43. The van der Waals surface area contributed by atoms with Gasteiger partial charge in [0.05, 0.1) is 6.10 Å². The average molecular weight is 370 g/mol. The van der Waals surface area contributed by atoms with Crippen LogP contribution in [0, 0.1) is 11.8 Å². The van der Waals surface area contributed by atoms with Crippen molar-refractivity contribution in [3.8, 4) is 5.75 Å². The average Bonchev–Trinajstić information content (AvgIpc) is 3.37. The van der Waals surface area contributed by atoms with Crippen molar-refractivity contribution in [3.63, 3.8) is 0 Å². The fourth-order valence-corrected chi connectivity index (χ4v) is 6.27. The second-order valence-electron chi connectivity index (χ2n) is 9.39. The van der Waals surface area contributed by atoms with Crippen molar-refractivity contribution in [1.29, 1.82) is 0 Å². The lowest BCUT2D eigenvalue weighted by Gasteiger charge is -2.40. The van der Waals surface area contributed by atoms with Gasteiger partial charge < -0.3 is 14.4 Å². The highest BCUT2D eigenvalue weighted by Crippen LogP contribution is 2.47. The smallest absolute Gasteiger partial charge is 0.122 e. The molecule has 2 bridgehead atoms. The first-order valence-corrected chi connectivity index (χ1v) is 11.4. The molecule has 2 aliphatic heterocycles. The lowest BCUT2D eigenvalue weighted by atomic mass is 9.86. The van der Waals surface area contributed by atoms with E-state index in [4.69, 9.17) is 9.47 Å². The lowest BCUT2D eigenvalue weighted by molar-refractivity contribution is -0.0113. The van der Waals surface area contributed by atoms with E-state index >= 15 is 0 Å². The zero-order chi connectivity index (χ0) is 18.1. The van der Waals surface area contributed by atoms with Crippen molar-refractivity contribution in [2.75, 3.05) is 26.3 Å². The van der Waals surface area contributed by atoms with Crippen LogP contribution >= 0.6 is 0 Å². The van der Waals surface area contributed by atoms with Gasteiger partial charge in [-0.25, -0.2) is 0 Å². The Morgan fingerprint density at radius 2 is 1.85 bits per heavy atom. The number of hydrogen-bond donors (Lipinski definition) is 0. The van der Waals surface area contributed by atoms with Crippen molar-refractivity contribution in [1.82, 2.24) is 4.90 Å². The molecule has 0 N–H and O–H groups in total. The molecular formula is C24H35NO2. The minimum Gasteiger partial charge on any atom is -0.491 e. The van der Waals surface area contributed by atoms with E-state index in [0.717, 1.165) is 36.7 Å². The molecule has 4 atom stereocenters. The maximum absolute atomic E-state index is 6.26. The number of para-hydroxylation sites is 1. The molecule has 0 radical (unpaired) electrons. The molecule has 4 fully saturated rings. The molecule has 0 amide bonds. The summed E-state index contributed by atoms with van der Waals surface area (Å²) in [5.74, 6) is 3.82. The fourth-order valence-electron chi connectivity index (χ4n) is 6.27. The number of piperidine rings is 1. The Bertz CT molecular complexity index is 619. The number of ether oxygens (including phenoxy) is 2. The van der Waals surface area contributed by atoms with E-state index in [-0.39, 0.29) is 6.10 Å². The number of benzene rings is 1. The second kappa shape index (κ2) is 8.13. The molecular weight excluding hydrogens is 334 g/mol. The first kappa shape index (κ1) is 18.0. The van der Waals surface area contributed by atoms with E-state index in [2.05, 4.69) is 29.2 Å². The Morgan fingerprint density at radius 1 is 0.963 bits per heavy atom. The van der Waals surface area contributed by atoms with Gasteiger partial charge in [0, 0.05) is 12.6 Å². The van der Waals surface area contributed by atoms with Crippen LogP contribution in [0.5, 0.6) is 5.75 Å². The number of hydrogen-bond acceptors (Lipinski definition) is 3. The Hall–Kier alpha value is -1.06. The van der Waals surface area contributed by atoms with Gasteiger partial charge in [0.15, 0.2) is 0 Å². The maximum atomic E-state index is 6.26. The quantitative estimate of drug-likeness (QED) is 0.729. The van der Waals surface area contributed by atoms with Crippen molar-refractivity contribution >= 4 is 0 Å². The minimum atomic E-state index is 0.284. The topological polar surface area (TPSA) is 21.7 Å². The molecule has 0 aromatic heterocycles. The number of likely N-dealkylation sites (tertiary alicyclic amines) is 1. The van der Waals surface area contributed by atoms with Gasteiger partial charge in [0.25, 0.3) is 0 Å². The van der Waals surface area contributed by atoms with Gasteiger partial charge in [0.2, 0.25) is 0 Å². The summed E-state index contributed by atoms with van der Waals surface area (Å²) in [5, 5.41) is 0. The zero-order valence-electron chi connectivity index (χ0n) is 16.7. The highest BCUT2D eigenvalue weighted by molar-refractivity contribution is 5.36. The molecule has 2 aliphatic carbocycles. The monoisotopic (exact) mass is 369 g/mol. The predicted octanol–water partition coefficient (Wildman–Crippen LogP) is 5.00. The van der Waals surface area contributed by atoms with Crippen LogP contribution in [0.4, 0.5) is 0 Å². The van der Waals surface area contributed by atoms with Crippen LogP contribution in [0.2, 0.25) is 0 Å². The molecule has 2 saturated carbocycles. The van der Waals surface area contributed by atoms with Gasteiger partial charge in [-0.1, -0.05) is 24.6 Å². The highest BCUT2D eigenvalue weighted by atomic mass is 16.5. The third-order valence-electron chi connectivity index (χ3n) is 7.76. The Morgan fingerprint density at radius 3 is 2.59 bits per heavy atom. The van der Waals surface area contributed by atoms with Crippen LogP contribution in [0.25, 0.3) is 0 Å². The van der Waals surface area contributed by atoms with Crippen LogP contribution in [0.3, 0.4) is 0 Å². The molecule has 1 aromatic rings.